The first-order chi connectivity index (χ1) is 9.42. The Hall–Kier alpha value is -1.05. The molecule has 0 aromatic heterocycles. The predicted molar refractivity (Wildman–Crippen MR) is 71.8 cm³/mol. The minimum Gasteiger partial charge on any atom is -0.303 e. The van der Waals surface area contributed by atoms with Crippen LogP contribution in [0.3, 0.4) is 0 Å². The Morgan fingerprint density at radius 3 is 2.55 bits per heavy atom. The molecule has 20 heavy (non-hydrogen) atoms. The number of likely N-dealkylation sites (tertiary alicyclic amines) is 1. The molecular weight excluding hydrogens is 286 g/mol. The molecule has 0 aliphatic carbocycles. The molecule has 1 N–H and O–H groups in total. The number of hydrogen-bond donors (Lipinski definition) is 1. The lowest BCUT2D eigenvalue weighted by Gasteiger charge is -2.31. The molecule has 0 radical (unpaired) electrons. The first-order valence-electron chi connectivity index (χ1n) is 6.62. The first kappa shape index (κ1) is 15.3. The molecule has 0 bridgehead atoms. The van der Waals surface area contributed by atoms with Crippen LogP contribution in [0.15, 0.2) is 23.1 Å². The van der Waals surface area contributed by atoms with Gasteiger partial charge in [-0.05, 0) is 50.7 Å². The van der Waals surface area contributed by atoms with Crippen LogP contribution in [0.5, 0.6) is 0 Å². The van der Waals surface area contributed by atoms with E-state index in [1.54, 1.807) is 0 Å². The average Bonchev–Trinajstić information content (AvgIpc) is 2.42. The Kier molecular flexibility index (Phi) is 4.72. The summed E-state index contributed by atoms with van der Waals surface area (Å²) in [4.78, 5) is 1.59. The van der Waals surface area contributed by atoms with Crippen LogP contribution in [0.4, 0.5) is 8.78 Å². The second kappa shape index (κ2) is 6.15. The van der Waals surface area contributed by atoms with Crippen molar-refractivity contribution in [3.8, 4) is 0 Å². The van der Waals surface area contributed by atoms with Gasteiger partial charge >= 0.3 is 0 Å². The molecule has 1 heterocycles. The number of benzene rings is 1. The van der Waals surface area contributed by atoms with Crippen LogP contribution >= 0.6 is 0 Å². The van der Waals surface area contributed by atoms with Gasteiger partial charge in [0.2, 0.25) is 10.0 Å². The van der Waals surface area contributed by atoms with Gasteiger partial charge in [0, 0.05) is 6.04 Å². The minimum absolute atomic E-state index is 0.231. The zero-order valence-corrected chi connectivity index (χ0v) is 12.1. The number of nitrogens with one attached hydrogen (secondary N) is 1. The molecular formula is C13H18F2N2O2S. The maximum atomic E-state index is 13.5. The monoisotopic (exact) mass is 304 g/mol. The Labute approximate surface area is 117 Å². The van der Waals surface area contributed by atoms with E-state index >= 15 is 0 Å². The van der Waals surface area contributed by atoms with Crippen molar-refractivity contribution in [1.82, 2.24) is 9.62 Å². The second-order valence-electron chi connectivity index (χ2n) is 4.90. The molecule has 7 heteroatoms. The van der Waals surface area contributed by atoms with E-state index in [4.69, 9.17) is 0 Å². The van der Waals surface area contributed by atoms with Crippen molar-refractivity contribution in [2.24, 2.45) is 0 Å². The molecule has 1 aliphatic rings. The van der Waals surface area contributed by atoms with Crippen LogP contribution in [0.25, 0.3) is 0 Å². The molecule has 4 nitrogen and oxygen atoms in total. The summed E-state index contributed by atoms with van der Waals surface area (Å²) in [7, 11) is -4.02. The zero-order valence-electron chi connectivity index (χ0n) is 11.3. The number of hydrogen-bond acceptors (Lipinski definition) is 3. The summed E-state index contributed by atoms with van der Waals surface area (Å²) in [5.41, 5.74) is 0. The smallest absolute Gasteiger partial charge is 0.243 e. The van der Waals surface area contributed by atoms with Gasteiger partial charge in [0.25, 0.3) is 0 Å². The lowest BCUT2D eigenvalue weighted by molar-refractivity contribution is 0.217. The normalized spacial score (nSPS) is 18.4. The van der Waals surface area contributed by atoms with Crippen molar-refractivity contribution >= 4 is 10.0 Å². The molecule has 112 valence electrons. The van der Waals surface area contributed by atoms with Gasteiger partial charge in [-0.25, -0.2) is 21.9 Å². The van der Waals surface area contributed by atoms with Gasteiger partial charge in [-0.3, -0.25) is 0 Å². The third-order valence-electron chi connectivity index (χ3n) is 3.54. The fourth-order valence-electron chi connectivity index (χ4n) is 2.33. The van der Waals surface area contributed by atoms with Crippen molar-refractivity contribution in [1.29, 1.82) is 0 Å². The number of halogens is 2. The van der Waals surface area contributed by atoms with Gasteiger partial charge in [0.15, 0.2) is 0 Å². The van der Waals surface area contributed by atoms with Gasteiger partial charge in [-0.2, -0.15) is 0 Å². The third-order valence-corrected chi connectivity index (χ3v) is 5.07. The molecule has 1 aromatic carbocycles. The lowest BCUT2D eigenvalue weighted by atomic mass is 10.1. The Morgan fingerprint density at radius 2 is 1.95 bits per heavy atom. The highest BCUT2D eigenvalue weighted by atomic mass is 32.2. The number of nitrogens with zero attached hydrogens (tertiary/aromatic N) is 1. The fraction of sp³-hybridized carbons (Fsp3) is 0.538. The van der Waals surface area contributed by atoms with Crippen molar-refractivity contribution in [3.05, 3.63) is 29.8 Å². The quantitative estimate of drug-likeness (QED) is 0.921. The van der Waals surface area contributed by atoms with E-state index in [1.165, 1.54) is 0 Å². The van der Waals surface area contributed by atoms with Crippen LogP contribution in [0.2, 0.25) is 0 Å². The van der Waals surface area contributed by atoms with Gasteiger partial charge in [0.1, 0.15) is 16.5 Å². The summed E-state index contributed by atoms with van der Waals surface area (Å²) >= 11 is 0. The summed E-state index contributed by atoms with van der Waals surface area (Å²) in [5, 5.41) is 0. The van der Waals surface area contributed by atoms with Gasteiger partial charge in [-0.1, -0.05) is 6.92 Å². The van der Waals surface area contributed by atoms with Gasteiger partial charge in [-0.15, -0.1) is 0 Å². The molecule has 1 aromatic rings. The van der Waals surface area contributed by atoms with E-state index in [9.17, 15) is 17.2 Å². The van der Waals surface area contributed by atoms with Crippen LogP contribution in [-0.4, -0.2) is 39.0 Å². The molecule has 1 aliphatic heterocycles. The Bertz CT molecular complexity index is 570. The van der Waals surface area contributed by atoms with E-state index in [0.29, 0.717) is 18.9 Å². The maximum Gasteiger partial charge on any atom is 0.243 e. The highest BCUT2D eigenvalue weighted by Gasteiger charge is 2.26. The lowest BCUT2D eigenvalue weighted by Crippen LogP contribution is -2.44. The maximum absolute atomic E-state index is 13.5. The zero-order chi connectivity index (χ0) is 14.8. The van der Waals surface area contributed by atoms with Crippen LogP contribution in [0.1, 0.15) is 19.8 Å². The summed E-state index contributed by atoms with van der Waals surface area (Å²) in [5.74, 6) is -1.71. The fourth-order valence-corrected chi connectivity index (χ4v) is 3.73. The van der Waals surface area contributed by atoms with Gasteiger partial charge in [0.05, 0.1) is 0 Å². The molecule has 0 spiro atoms. The summed E-state index contributed by atoms with van der Waals surface area (Å²) < 4.78 is 53.3. The summed E-state index contributed by atoms with van der Waals surface area (Å²) in [6.45, 7) is 4.58. The highest BCUT2D eigenvalue weighted by Crippen LogP contribution is 2.18. The highest BCUT2D eigenvalue weighted by molar-refractivity contribution is 7.89. The molecule has 1 fully saturated rings. The van der Waals surface area contributed by atoms with Gasteiger partial charge < -0.3 is 4.90 Å². The minimum atomic E-state index is -4.02. The first-order valence-corrected chi connectivity index (χ1v) is 8.10. The number of sulfonamides is 1. The largest absolute Gasteiger partial charge is 0.303 e. The Balaban J connectivity index is 2.10. The van der Waals surface area contributed by atoms with Crippen LogP contribution in [0, 0.1) is 11.6 Å². The van der Waals surface area contributed by atoms with Crippen LogP contribution < -0.4 is 4.72 Å². The SMILES string of the molecule is CCN1CCC(NS(=O)(=O)c2cc(F)ccc2F)CC1. The summed E-state index contributed by atoms with van der Waals surface area (Å²) in [6, 6.07) is 2.20. The van der Waals surface area contributed by atoms with Crippen molar-refractivity contribution < 1.29 is 17.2 Å². The topological polar surface area (TPSA) is 49.4 Å². The van der Waals surface area contributed by atoms with Crippen LogP contribution in [-0.2, 0) is 10.0 Å². The van der Waals surface area contributed by atoms with E-state index in [0.717, 1.165) is 31.8 Å². The summed E-state index contributed by atoms with van der Waals surface area (Å²) in [6.07, 6.45) is 1.34. The predicted octanol–water partition coefficient (Wildman–Crippen LogP) is 1.73. The van der Waals surface area contributed by atoms with Crippen molar-refractivity contribution in [3.63, 3.8) is 0 Å². The van der Waals surface area contributed by atoms with Crippen molar-refractivity contribution in [2.75, 3.05) is 19.6 Å². The Morgan fingerprint density at radius 1 is 1.30 bits per heavy atom. The molecule has 0 saturated carbocycles. The second-order valence-corrected chi connectivity index (χ2v) is 6.59. The van der Waals surface area contributed by atoms with Crippen molar-refractivity contribution in [2.45, 2.75) is 30.7 Å². The molecule has 0 unspecified atom stereocenters. The molecule has 0 atom stereocenters. The van der Waals surface area contributed by atoms with E-state index in [2.05, 4.69) is 9.62 Å². The number of rotatable bonds is 4. The number of piperidine rings is 1. The molecule has 1 saturated heterocycles. The molecule has 2 rings (SSSR count). The average molecular weight is 304 g/mol. The standard InChI is InChI=1S/C13H18F2N2O2S/c1-2-17-7-5-11(6-8-17)16-20(18,19)13-9-10(14)3-4-12(13)15/h3-4,9,11,16H,2,5-8H2,1H3. The van der Waals surface area contributed by atoms with E-state index in [1.807, 2.05) is 6.92 Å². The van der Waals surface area contributed by atoms with E-state index < -0.39 is 26.6 Å². The molecule has 0 amide bonds. The third kappa shape index (κ3) is 3.53. The van der Waals surface area contributed by atoms with E-state index in [-0.39, 0.29) is 6.04 Å².